The molecule has 0 heterocycles. The Morgan fingerprint density at radius 1 is 1.25 bits per heavy atom. The summed E-state index contributed by atoms with van der Waals surface area (Å²) >= 11 is 0. The van der Waals surface area contributed by atoms with Crippen molar-refractivity contribution in [3.63, 3.8) is 0 Å². The minimum absolute atomic E-state index is 0.245. The molecule has 0 bridgehead atoms. The van der Waals surface area contributed by atoms with Gasteiger partial charge in [-0.2, -0.15) is 0 Å². The molecule has 0 aliphatic carbocycles. The second-order valence-corrected chi connectivity index (χ2v) is 1.10. The van der Waals surface area contributed by atoms with E-state index in [4.69, 9.17) is 0 Å². The Morgan fingerprint density at radius 3 is 1.38 bits per heavy atom. The lowest BCUT2D eigenvalue weighted by atomic mass is 10.8. The van der Waals surface area contributed by atoms with Crippen LogP contribution in [-0.4, -0.2) is 27.3 Å². The molecule has 0 unspecified atom stereocenters. The molecule has 0 amide bonds. The standard InChI is InChI=1S/C3H6O2.C2H6O/c1-3(4)5-2;1-3-2/h1-2H3;1-2H3. The number of carbonyl (C=O) groups excluding carboxylic acids is 1. The summed E-state index contributed by atoms with van der Waals surface area (Å²) in [6, 6.07) is 0. The maximum atomic E-state index is 9.59. The number of esters is 1. The van der Waals surface area contributed by atoms with Gasteiger partial charge in [0.25, 0.3) is 0 Å². The van der Waals surface area contributed by atoms with Crippen LogP contribution in [0.2, 0.25) is 0 Å². The molecule has 0 saturated carbocycles. The number of rotatable bonds is 0. The minimum Gasteiger partial charge on any atom is -0.469 e. The van der Waals surface area contributed by atoms with Gasteiger partial charge >= 0.3 is 5.97 Å². The lowest BCUT2D eigenvalue weighted by Gasteiger charge is -1.80. The van der Waals surface area contributed by atoms with Gasteiger partial charge in [0.05, 0.1) is 7.11 Å². The van der Waals surface area contributed by atoms with E-state index in [1.165, 1.54) is 14.0 Å². The van der Waals surface area contributed by atoms with E-state index in [0.29, 0.717) is 0 Å². The lowest BCUT2D eigenvalue weighted by Crippen LogP contribution is -1.88. The fraction of sp³-hybridized carbons (Fsp3) is 0.800. The maximum Gasteiger partial charge on any atom is 0.302 e. The fourth-order valence-electron chi connectivity index (χ4n) is 0. The van der Waals surface area contributed by atoms with Gasteiger partial charge in [-0.15, -0.1) is 0 Å². The van der Waals surface area contributed by atoms with Crippen molar-refractivity contribution in [1.82, 2.24) is 0 Å². The second kappa shape index (κ2) is 9.66. The first-order chi connectivity index (χ1) is 3.68. The Bertz CT molecular complexity index is 51.6. The van der Waals surface area contributed by atoms with Crippen molar-refractivity contribution in [3.8, 4) is 0 Å². The quantitative estimate of drug-likeness (QED) is 0.435. The molecular weight excluding hydrogens is 108 g/mol. The molecule has 0 aromatic carbocycles. The van der Waals surface area contributed by atoms with Gasteiger partial charge in [-0.1, -0.05) is 0 Å². The predicted octanol–water partition coefficient (Wildman–Crippen LogP) is 0.442. The third-order valence-electron chi connectivity index (χ3n) is 0.287. The van der Waals surface area contributed by atoms with Gasteiger partial charge in [-0.25, -0.2) is 0 Å². The lowest BCUT2D eigenvalue weighted by molar-refractivity contribution is -0.137. The molecule has 0 aromatic rings. The molecule has 50 valence electrons. The van der Waals surface area contributed by atoms with Crippen LogP contribution in [-0.2, 0) is 14.3 Å². The number of hydrogen-bond acceptors (Lipinski definition) is 3. The molecule has 3 heteroatoms. The van der Waals surface area contributed by atoms with Crippen LogP contribution < -0.4 is 0 Å². The van der Waals surface area contributed by atoms with Crippen molar-refractivity contribution in [1.29, 1.82) is 0 Å². The Balaban J connectivity index is 0. The number of carbonyl (C=O) groups is 1. The fourth-order valence-corrected chi connectivity index (χ4v) is 0. The zero-order valence-electron chi connectivity index (χ0n) is 5.72. The van der Waals surface area contributed by atoms with Crippen LogP contribution in [0.25, 0.3) is 0 Å². The van der Waals surface area contributed by atoms with Crippen molar-refractivity contribution in [2.45, 2.75) is 6.92 Å². The summed E-state index contributed by atoms with van der Waals surface area (Å²) in [5.41, 5.74) is 0. The average molecular weight is 120 g/mol. The SMILES string of the molecule is COC.COC(C)=O. The molecule has 0 rings (SSSR count). The first-order valence-corrected chi connectivity index (χ1v) is 2.13. The molecule has 0 aliphatic heterocycles. The molecule has 8 heavy (non-hydrogen) atoms. The smallest absolute Gasteiger partial charge is 0.302 e. The Morgan fingerprint density at radius 2 is 1.38 bits per heavy atom. The molecule has 0 fully saturated rings. The highest BCUT2D eigenvalue weighted by molar-refractivity contribution is 5.65. The third-order valence-corrected chi connectivity index (χ3v) is 0.287. The van der Waals surface area contributed by atoms with Crippen LogP contribution >= 0.6 is 0 Å². The van der Waals surface area contributed by atoms with Gasteiger partial charge in [-0.3, -0.25) is 4.79 Å². The Labute approximate surface area is 49.6 Å². The first-order valence-electron chi connectivity index (χ1n) is 2.13. The highest BCUT2D eigenvalue weighted by Crippen LogP contribution is 1.60. The van der Waals surface area contributed by atoms with Crippen molar-refractivity contribution in [2.24, 2.45) is 0 Å². The highest BCUT2D eigenvalue weighted by atomic mass is 16.5. The first kappa shape index (κ1) is 10.4. The topological polar surface area (TPSA) is 35.5 Å². The zero-order chi connectivity index (χ0) is 6.99. The van der Waals surface area contributed by atoms with Crippen LogP contribution in [0, 0.1) is 0 Å². The second-order valence-electron chi connectivity index (χ2n) is 1.10. The van der Waals surface area contributed by atoms with Gasteiger partial charge in [0, 0.05) is 21.1 Å². The molecule has 0 radical (unpaired) electrons. The van der Waals surface area contributed by atoms with Crippen LogP contribution in [0.15, 0.2) is 0 Å². The van der Waals surface area contributed by atoms with Crippen molar-refractivity contribution < 1.29 is 14.3 Å². The minimum atomic E-state index is -0.245. The summed E-state index contributed by atoms with van der Waals surface area (Å²) < 4.78 is 8.36. The summed E-state index contributed by atoms with van der Waals surface area (Å²) in [6.45, 7) is 1.36. The molecule has 3 nitrogen and oxygen atoms in total. The van der Waals surface area contributed by atoms with E-state index in [-0.39, 0.29) is 5.97 Å². The molecular formula is C5H12O3. The number of ether oxygens (including phenoxy) is 2. The van der Waals surface area contributed by atoms with Crippen LogP contribution in [0.4, 0.5) is 0 Å². The third kappa shape index (κ3) is 52.1. The highest BCUT2D eigenvalue weighted by Gasteiger charge is 1.75. The molecule has 0 aliphatic rings. The summed E-state index contributed by atoms with van der Waals surface area (Å²) in [6.07, 6.45) is 0. The van der Waals surface area contributed by atoms with E-state index in [2.05, 4.69) is 9.47 Å². The summed E-state index contributed by atoms with van der Waals surface area (Å²) in [7, 11) is 4.60. The van der Waals surface area contributed by atoms with E-state index in [9.17, 15) is 4.79 Å². The number of methoxy groups -OCH3 is 2. The van der Waals surface area contributed by atoms with Gasteiger partial charge < -0.3 is 9.47 Å². The summed E-state index contributed by atoms with van der Waals surface area (Å²) in [5.74, 6) is -0.245. The summed E-state index contributed by atoms with van der Waals surface area (Å²) in [4.78, 5) is 9.59. The zero-order valence-corrected chi connectivity index (χ0v) is 5.72. The molecule has 0 atom stereocenters. The van der Waals surface area contributed by atoms with E-state index in [0.717, 1.165) is 0 Å². The van der Waals surface area contributed by atoms with Crippen molar-refractivity contribution in [3.05, 3.63) is 0 Å². The molecule has 0 saturated heterocycles. The predicted molar refractivity (Wildman–Crippen MR) is 30.6 cm³/mol. The van der Waals surface area contributed by atoms with E-state index in [1.807, 2.05) is 0 Å². The van der Waals surface area contributed by atoms with Gasteiger partial charge in [0.1, 0.15) is 0 Å². The molecule has 0 N–H and O–H groups in total. The van der Waals surface area contributed by atoms with E-state index < -0.39 is 0 Å². The van der Waals surface area contributed by atoms with E-state index in [1.54, 1.807) is 14.2 Å². The van der Waals surface area contributed by atoms with Crippen LogP contribution in [0.3, 0.4) is 0 Å². The van der Waals surface area contributed by atoms with Crippen molar-refractivity contribution >= 4 is 5.97 Å². The Kier molecular flexibility index (Phi) is 12.6. The van der Waals surface area contributed by atoms with Gasteiger partial charge in [-0.05, 0) is 0 Å². The normalized spacial score (nSPS) is 6.50. The van der Waals surface area contributed by atoms with Crippen LogP contribution in [0.1, 0.15) is 6.92 Å². The van der Waals surface area contributed by atoms with Gasteiger partial charge in [0.15, 0.2) is 0 Å². The number of hydrogen-bond donors (Lipinski definition) is 0. The van der Waals surface area contributed by atoms with Crippen LogP contribution in [0.5, 0.6) is 0 Å². The summed E-state index contributed by atoms with van der Waals surface area (Å²) in [5, 5.41) is 0. The van der Waals surface area contributed by atoms with E-state index >= 15 is 0 Å². The molecule has 0 spiro atoms. The Hall–Kier alpha value is -0.570. The molecule has 0 aromatic heterocycles. The monoisotopic (exact) mass is 120 g/mol. The average Bonchev–Trinajstić information content (AvgIpc) is 1.69. The largest absolute Gasteiger partial charge is 0.469 e. The van der Waals surface area contributed by atoms with Crippen molar-refractivity contribution in [2.75, 3.05) is 21.3 Å². The van der Waals surface area contributed by atoms with Gasteiger partial charge in [0.2, 0.25) is 0 Å². The maximum absolute atomic E-state index is 9.59.